The van der Waals surface area contributed by atoms with Gasteiger partial charge >= 0.3 is 0 Å². The fourth-order valence-electron chi connectivity index (χ4n) is 2.76. The molecule has 2 aromatic heterocycles. The summed E-state index contributed by atoms with van der Waals surface area (Å²) in [6.07, 6.45) is 0.870. The van der Waals surface area contributed by atoms with E-state index in [1.54, 1.807) is 12.1 Å². The highest BCUT2D eigenvalue weighted by Gasteiger charge is 2.18. The van der Waals surface area contributed by atoms with Crippen LogP contribution in [0.1, 0.15) is 57.3 Å². The van der Waals surface area contributed by atoms with Gasteiger partial charge in [0.1, 0.15) is 10.6 Å². The Morgan fingerprint density at radius 3 is 2.66 bits per heavy atom. The standard InChI is InChI=1S/C22H25N3O3S/c1-5-13(2)24-20(26)17-8-6-7-16(11-17)12-23-21(27)19-15(4)25-22(29-19)18-10-9-14(3)28-18/h6-11,13H,5,12H2,1-4H3,(H,23,27)(H,24,26). The van der Waals surface area contributed by atoms with Gasteiger partial charge in [-0.1, -0.05) is 19.1 Å². The van der Waals surface area contributed by atoms with Gasteiger partial charge in [0.2, 0.25) is 0 Å². The molecule has 3 rings (SSSR count). The third kappa shape index (κ3) is 5.12. The van der Waals surface area contributed by atoms with Crippen LogP contribution in [0.5, 0.6) is 0 Å². The molecular weight excluding hydrogens is 386 g/mol. The lowest BCUT2D eigenvalue weighted by atomic mass is 10.1. The number of thiazole rings is 1. The van der Waals surface area contributed by atoms with E-state index in [0.717, 1.165) is 17.7 Å². The number of benzene rings is 1. The number of carbonyl (C=O) groups excluding carboxylic acids is 2. The third-order valence-electron chi connectivity index (χ3n) is 4.59. The number of furan rings is 1. The number of rotatable bonds is 7. The van der Waals surface area contributed by atoms with Gasteiger partial charge in [-0.25, -0.2) is 4.98 Å². The van der Waals surface area contributed by atoms with Gasteiger partial charge in [0.15, 0.2) is 10.8 Å². The first-order valence-corrected chi connectivity index (χ1v) is 10.4. The monoisotopic (exact) mass is 411 g/mol. The summed E-state index contributed by atoms with van der Waals surface area (Å²) in [5, 5.41) is 6.55. The van der Waals surface area contributed by atoms with Crippen LogP contribution in [0.15, 0.2) is 40.8 Å². The van der Waals surface area contributed by atoms with E-state index in [0.29, 0.717) is 33.4 Å². The summed E-state index contributed by atoms with van der Waals surface area (Å²) in [6, 6.07) is 11.1. The van der Waals surface area contributed by atoms with E-state index in [1.165, 1.54) is 11.3 Å². The molecule has 0 aliphatic carbocycles. The highest BCUT2D eigenvalue weighted by Crippen LogP contribution is 2.29. The molecule has 0 aliphatic heterocycles. The maximum Gasteiger partial charge on any atom is 0.263 e. The molecule has 1 unspecified atom stereocenters. The van der Waals surface area contributed by atoms with Crippen molar-refractivity contribution in [2.45, 2.75) is 46.7 Å². The van der Waals surface area contributed by atoms with Gasteiger partial charge in [-0.05, 0) is 57.0 Å². The molecule has 2 heterocycles. The maximum atomic E-state index is 12.6. The van der Waals surface area contributed by atoms with Gasteiger partial charge in [-0.2, -0.15) is 0 Å². The van der Waals surface area contributed by atoms with E-state index >= 15 is 0 Å². The maximum absolute atomic E-state index is 12.6. The molecule has 1 aromatic carbocycles. The van der Waals surface area contributed by atoms with Gasteiger partial charge in [0.05, 0.1) is 5.69 Å². The van der Waals surface area contributed by atoms with E-state index in [4.69, 9.17) is 4.42 Å². The van der Waals surface area contributed by atoms with Crippen molar-refractivity contribution in [2.24, 2.45) is 0 Å². The van der Waals surface area contributed by atoms with E-state index in [-0.39, 0.29) is 17.9 Å². The number of hydrogen-bond donors (Lipinski definition) is 2. The summed E-state index contributed by atoms with van der Waals surface area (Å²) in [5.41, 5.74) is 2.11. The number of nitrogens with zero attached hydrogens (tertiary/aromatic N) is 1. The third-order valence-corrected chi connectivity index (χ3v) is 5.76. The van der Waals surface area contributed by atoms with E-state index in [2.05, 4.69) is 15.6 Å². The van der Waals surface area contributed by atoms with E-state index < -0.39 is 0 Å². The Bertz CT molecular complexity index is 1020. The molecule has 0 spiro atoms. The lowest BCUT2D eigenvalue weighted by Gasteiger charge is -2.12. The molecule has 0 bridgehead atoms. The zero-order valence-electron chi connectivity index (χ0n) is 17.0. The largest absolute Gasteiger partial charge is 0.459 e. The molecule has 7 heteroatoms. The van der Waals surface area contributed by atoms with Crippen molar-refractivity contribution in [1.29, 1.82) is 0 Å². The fraction of sp³-hybridized carbons (Fsp3) is 0.318. The lowest BCUT2D eigenvalue weighted by Crippen LogP contribution is -2.32. The number of nitrogens with one attached hydrogen (secondary N) is 2. The Morgan fingerprint density at radius 1 is 1.17 bits per heavy atom. The molecule has 0 saturated heterocycles. The Labute approximate surface area is 174 Å². The number of aromatic nitrogens is 1. The van der Waals surface area contributed by atoms with Crippen molar-refractivity contribution in [3.63, 3.8) is 0 Å². The second-order valence-corrected chi connectivity index (χ2v) is 8.01. The van der Waals surface area contributed by atoms with E-state index in [9.17, 15) is 9.59 Å². The van der Waals surface area contributed by atoms with Crippen LogP contribution in [-0.4, -0.2) is 22.8 Å². The van der Waals surface area contributed by atoms with Gasteiger partial charge in [-0.15, -0.1) is 11.3 Å². The van der Waals surface area contributed by atoms with Crippen molar-refractivity contribution >= 4 is 23.2 Å². The van der Waals surface area contributed by atoms with Crippen molar-refractivity contribution in [2.75, 3.05) is 0 Å². The van der Waals surface area contributed by atoms with Crippen LogP contribution in [0.3, 0.4) is 0 Å². The summed E-state index contributed by atoms with van der Waals surface area (Å²) in [4.78, 5) is 29.9. The minimum atomic E-state index is -0.191. The van der Waals surface area contributed by atoms with Crippen LogP contribution in [0.25, 0.3) is 10.8 Å². The Hall–Kier alpha value is -2.93. The average Bonchev–Trinajstić information content (AvgIpc) is 3.31. The quantitative estimate of drug-likeness (QED) is 0.600. The van der Waals surface area contributed by atoms with Crippen LogP contribution in [0, 0.1) is 13.8 Å². The van der Waals surface area contributed by atoms with Gasteiger partial charge in [-0.3, -0.25) is 9.59 Å². The number of carbonyl (C=O) groups is 2. The molecule has 152 valence electrons. The minimum absolute atomic E-state index is 0.107. The molecule has 1 atom stereocenters. The summed E-state index contributed by atoms with van der Waals surface area (Å²) < 4.78 is 5.60. The van der Waals surface area contributed by atoms with Crippen LogP contribution >= 0.6 is 11.3 Å². The van der Waals surface area contributed by atoms with Gasteiger partial charge in [0.25, 0.3) is 11.8 Å². The predicted octanol–water partition coefficient (Wildman–Crippen LogP) is 4.48. The molecule has 0 saturated carbocycles. The summed E-state index contributed by atoms with van der Waals surface area (Å²) in [5.74, 6) is 1.17. The lowest BCUT2D eigenvalue weighted by molar-refractivity contribution is 0.0937. The fourth-order valence-corrected chi connectivity index (χ4v) is 3.70. The summed E-state index contributed by atoms with van der Waals surface area (Å²) in [6.45, 7) is 8.00. The predicted molar refractivity (Wildman–Crippen MR) is 114 cm³/mol. The number of aryl methyl sites for hydroxylation is 2. The van der Waals surface area contributed by atoms with Crippen molar-refractivity contribution in [1.82, 2.24) is 15.6 Å². The topological polar surface area (TPSA) is 84.2 Å². The first-order valence-electron chi connectivity index (χ1n) is 9.59. The summed E-state index contributed by atoms with van der Waals surface area (Å²) in [7, 11) is 0. The molecule has 0 radical (unpaired) electrons. The van der Waals surface area contributed by atoms with Crippen molar-refractivity contribution < 1.29 is 14.0 Å². The second kappa shape index (κ2) is 9.05. The molecule has 2 amide bonds. The Kier molecular flexibility index (Phi) is 6.49. The Balaban J connectivity index is 1.66. The molecular formula is C22H25N3O3S. The zero-order valence-corrected chi connectivity index (χ0v) is 17.9. The highest BCUT2D eigenvalue weighted by molar-refractivity contribution is 7.17. The number of hydrogen-bond acceptors (Lipinski definition) is 5. The summed E-state index contributed by atoms with van der Waals surface area (Å²) >= 11 is 1.31. The molecule has 0 aliphatic rings. The zero-order chi connectivity index (χ0) is 21.0. The van der Waals surface area contributed by atoms with Crippen LogP contribution in [0.2, 0.25) is 0 Å². The minimum Gasteiger partial charge on any atom is -0.459 e. The van der Waals surface area contributed by atoms with Gasteiger partial charge in [0, 0.05) is 18.2 Å². The second-order valence-electron chi connectivity index (χ2n) is 7.01. The Morgan fingerprint density at radius 2 is 1.97 bits per heavy atom. The molecule has 6 nitrogen and oxygen atoms in total. The first-order chi connectivity index (χ1) is 13.9. The van der Waals surface area contributed by atoms with Crippen LogP contribution in [0.4, 0.5) is 0 Å². The molecule has 2 N–H and O–H groups in total. The number of amides is 2. The molecule has 3 aromatic rings. The molecule has 0 fully saturated rings. The van der Waals surface area contributed by atoms with E-state index in [1.807, 2.05) is 52.0 Å². The normalized spacial score (nSPS) is 11.9. The average molecular weight is 412 g/mol. The first kappa shape index (κ1) is 20.8. The van der Waals surface area contributed by atoms with Crippen LogP contribution < -0.4 is 10.6 Å². The molecule has 29 heavy (non-hydrogen) atoms. The highest BCUT2D eigenvalue weighted by atomic mass is 32.1. The van der Waals surface area contributed by atoms with Crippen molar-refractivity contribution in [3.8, 4) is 10.8 Å². The SMILES string of the molecule is CCC(C)NC(=O)c1cccc(CNC(=O)c2sc(-c3ccc(C)o3)nc2C)c1. The van der Waals surface area contributed by atoms with Crippen LogP contribution in [-0.2, 0) is 6.54 Å². The van der Waals surface area contributed by atoms with Gasteiger partial charge < -0.3 is 15.1 Å². The smallest absolute Gasteiger partial charge is 0.263 e. The van der Waals surface area contributed by atoms with Crippen molar-refractivity contribution in [3.05, 3.63) is 63.9 Å².